The molecule has 0 atom stereocenters. The lowest BCUT2D eigenvalue weighted by molar-refractivity contribution is 0.415. The molecule has 5 heteroatoms. The SMILES string of the molecule is COc1cccc(-c2nnc3ccc(C#N)cn23)c1. The highest BCUT2D eigenvalue weighted by Crippen LogP contribution is 2.23. The maximum Gasteiger partial charge on any atom is 0.168 e. The molecule has 3 rings (SSSR count). The van der Waals surface area contributed by atoms with Crippen molar-refractivity contribution in [2.75, 3.05) is 7.11 Å². The van der Waals surface area contributed by atoms with Crippen LogP contribution in [-0.4, -0.2) is 21.7 Å². The predicted molar refractivity (Wildman–Crippen MR) is 69.7 cm³/mol. The molecule has 0 aliphatic heterocycles. The van der Waals surface area contributed by atoms with Gasteiger partial charge in [0, 0.05) is 11.8 Å². The summed E-state index contributed by atoms with van der Waals surface area (Å²) in [6.45, 7) is 0. The number of pyridine rings is 1. The van der Waals surface area contributed by atoms with Gasteiger partial charge in [-0.05, 0) is 24.3 Å². The molecule has 92 valence electrons. The zero-order valence-electron chi connectivity index (χ0n) is 10.2. The molecule has 0 amide bonds. The van der Waals surface area contributed by atoms with E-state index in [9.17, 15) is 0 Å². The van der Waals surface area contributed by atoms with Gasteiger partial charge in [-0.2, -0.15) is 5.26 Å². The number of benzene rings is 1. The van der Waals surface area contributed by atoms with Crippen molar-refractivity contribution in [2.24, 2.45) is 0 Å². The number of aromatic nitrogens is 3. The first-order valence-corrected chi connectivity index (χ1v) is 5.71. The lowest BCUT2D eigenvalue weighted by Gasteiger charge is -2.03. The topological polar surface area (TPSA) is 63.2 Å². The molecule has 19 heavy (non-hydrogen) atoms. The van der Waals surface area contributed by atoms with E-state index in [1.165, 1.54) is 0 Å². The van der Waals surface area contributed by atoms with Gasteiger partial charge < -0.3 is 4.74 Å². The fourth-order valence-corrected chi connectivity index (χ4v) is 1.92. The zero-order valence-corrected chi connectivity index (χ0v) is 10.2. The van der Waals surface area contributed by atoms with Crippen molar-refractivity contribution in [2.45, 2.75) is 0 Å². The fourth-order valence-electron chi connectivity index (χ4n) is 1.92. The van der Waals surface area contributed by atoms with Crippen molar-refractivity contribution in [1.29, 1.82) is 5.26 Å². The first kappa shape index (κ1) is 11.2. The fraction of sp³-hybridized carbons (Fsp3) is 0.0714. The molecule has 0 unspecified atom stereocenters. The number of ether oxygens (including phenoxy) is 1. The Morgan fingerprint density at radius 2 is 2.11 bits per heavy atom. The van der Waals surface area contributed by atoms with Crippen LogP contribution in [0.1, 0.15) is 5.56 Å². The number of rotatable bonds is 2. The second-order valence-corrected chi connectivity index (χ2v) is 4.01. The van der Waals surface area contributed by atoms with Crippen LogP contribution in [0.3, 0.4) is 0 Å². The number of hydrogen-bond acceptors (Lipinski definition) is 4. The van der Waals surface area contributed by atoms with Crippen molar-refractivity contribution in [1.82, 2.24) is 14.6 Å². The number of nitriles is 1. The van der Waals surface area contributed by atoms with Crippen LogP contribution in [0.2, 0.25) is 0 Å². The van der Waals surface area contributed by atoms with Crippen LogP contribution in [0.15, 0.2) is 42.6 Å². The van der Waals surface area contributed by atoms with Crippen LogP contribution in [-0.2, 0) is 0 Å². The molecular weight excluding hydrogens is 240 g/mol. The van der Waals surface area contributed by atoms with Crippen LogP contribution in [0.5, 0.6) is 5.75 Å². The van der Waals surface area contributed by atoms with E-state index in [4.69, 9.17) is 10.00 Å². The van der Waals surface area contributed by atoms with Crippen molar-refractivity contribution in [3.63, 3.8) is 0 Å². The smallest absolute Gasteiger partial charge is 0.168 e. The van der Waals surface area contributed by atoms with Gasteiger partial charge in [-0.25, -0.2) is 0 Å². The van der Waals surface area contributed by atoms with Gasteiger partial charge in [-0.1, -0.05) is 12.1 Å². The summed E-state index contributed by atoms with van der Waals surface area (Å²) in [6.07, 6.45) is 1.73. The lowest BCUT2D eigenvalue weighted by Crippen LogP contribution is -1.91. The summed E-state index contributed by atoms with van der Waals surface area (Å²) in [4.78, 5) is 0. The largest absolute Gasteiger partial charge is 0.497 e. The summed E-state index contributed by atoms with van der Waals surface area (Å²) in [5.74, 6) is 1.44. The number of nitrogens with zero attached hydrogens (tertiary/aromatic N) is 4. The normalized spacial score (nSPS) is 10.3. The third kappa shape index (κ3) is 1.89. The third-order valence-electron chi connectivity index (χ3n) is 2.86. The maximum absolute atomic E-state index is 8.95. The quantitative estimate of drug-likeness (QED) is 0.700. The Labute approximate surface area is 109 Å². The van der Waals surface area contributed by atoms with Gasteiger partial charge in [-0.3, -0.25) is 4.40 Å². The minimum atomic E-state index is 0.566. The van der Waals surface area contributed by atoms with Crippen molar-refractivity contribution >= 4 is 5.65 Å². The van der Waals surface area contributed by atoms with Crippen LogP contribution >= 0.6 is 0 Å². The number of methoxy groups -OCH3 is 1. The molecule has 0 aliphatic rings. The molecule has 0 fully saturated rings. The van der Waals surface area contributed by atoms with Gasteiger partial charge in [0.1, 0.15) is 11.8 Å². The van der Waals surface area contributed by atoms with Crippen molar-refractivity contribution in [3.05, 3.63) is 48.2 Å². The number of fused-ring (bicyclic) bond motifs is 1. The highest BCUT2D eigenvalue weighted by atomic mass is 16.5. The van der Waals surface area contributed by atoms with E-state index < -0.39 is 0 Å². The molecule has 0 N–H and O–H groups in total. The van der Waals surface area contributed by atoms with Gasteiger partial charge in [0.25, 0.3) is 0 Å². The highest BCUT2D eigenvalue weighted by molar-refractivity contribution is 5.61. The maximum atomic E-state index is 8.95. The average molecular weight is 250 g/mol. The molecule has 0 spiro atoms. The Balaban J connectivity index is 2.21. The van der Waals surface area contributed by atoms with Gasteiger partial charge in [-0.15, -0.1) is 10.2 Å². The van der Waals surface area contributed by atoms with Crippen molar-refractivity contribution < 1.29 is 4.74 Å². The van der Waals surface area contributed by atoms with Crippen molar-refractivity contribution in [3.8, 4) is 23.2 Å². The summed E-state index contributed by atoms with van der Waals surface area (Å²) in [7, 11) is 1.62. The third-order valence-corrected chi connectivity index (χ3v) is 2.86. The Bertz CT molecular complexity index is 785. The first-order chi connectivity index (χ1) is 9.31. The first-order valence-electron chi connectivity index (χ1n) is 5.71. The standard InChI is InChI=1S/C14H10N4O/c1-19-12-4-2-3-11(7-12)14-17-16-13-6-5-10(8-15)9-18(13)14/h2-7,9H,1H3. The Kier molecular flexibility index (Phi) is 2.62. The Morgan fingerprint density at radius 3 is 2.89 bits per heavy atom. The van der Waals surface area contributed by atoms with E-state index in [0.717, 1.165) is 11.3 Å². The second-order valence-electron chi connectivity index (χ2n) is 4.01. The predicted octanol–water partition coefficient (Wildman–Crippen LogP) is 2.28. The molecule has 0 bridgehead atoms. The van der Waals surface area contributed by atoms with Crippen LogP contribution in [0.25, 0.3) is 17.0 Å². The average Bonchev–Trinajstić information content (AvgIpc) is 2.90. The Morgan fingerprint density at radius 1 is 1.21 bits per heavy atom. The molecule has 2 aromatic heterocycles. The molecule has 5 nitrogen and oxygen atoms in total. The monoisotopic (exact) mass is 250 g/mol. The Hall–Kier alpha value is -2.87. The van der Waals surface area contributed by atoms with E-state index in [1.807, 2.05) is 24.3 Å². The highest BCUT2D eigenvalue weighted by Gasteiger charge is 2.09. The van der Waals surface area contributed by atoms with Gasteiger partial charge in [0.05, 0.1) is 12.7 Å². The summed E-state index contributed by atoms with van der Waals surface area (Å²) >= 11 is 0. The van der Waals surface area contributed by atoms with E-state index in [2.05, 4.69) is 16.3 Å². The van der Waals surface area contributed by atoms with E-state index in [0.29, 0.717) is 17.0 Å². The van der Waals surface area contributed by atoms with Crippen LogP contribution in [0.4, 0.5) is 0 Å². The van der Waals surface area contributed by atoms with Gasteiger partial charge in [0.2, 0.25) is 0 Å². The molecule has 0 radical (unpaired) electrons. The second kappa shape index (κ2) is 4.42. The number of hydrogen-bond donors (Lipinski definition) is 0. The summed E-state index contributed by atoms with van der Waals surface area (Å²) in [5.41, 5.74) is 2.16. The van der Waals surface area contributed by atoms with E-state index >= 15 is 0 Å². The van der Waals surface area contributed by atoms with Gasteiger partial charge in [0.15, 0.2) is 11.5 Å². The van der Waals surface area contributed by atoms with E-state index in [-0.39, 0.29) is 0 Å². The molecule has 0 aliphatic carbocycles. The molecule has 1 aromatic carbocycles. The zero-order chi connectivity index (χ0) is 13.2. The molecule has 2 heterocycles. The lowest BCUT2D eigenvalue weighted by atomic mass is 10.2. The van der Waals surface area contributed by atoms with E-state index in [1.54, 1.807) is 29.8 Å². The van der Waals surface area contributed by atoms with Crippen LogP contribution in [0, 0.1) is 11.3 Å². The minimum Gasteiger partial charge on any atom is -0.497 e. The summed E-state index contributed by atoms with van der Waals surface area (Å²) < 4.78 is 7.00. The summed E-state index contributed by atoms with van der Waals surface area (Å²) in [5, 5.41) is 17.2. The molecule has 0 saturated heterocycles. The van der Waals surface area contributed by atoms with Crippen LogP contribution < -0.4 is 4.74 Å². The van der Waals surface area contributed by atoms with Gasteiger partial charge >= 0.3 is 0 Å². The molecule has 0 saturated carbocycles. The molecule has 3 aromatic rings. The minimum absolute atomic E-state index is 0.566. The molecular formula is C14H10N4O. The summed E-state index contributed by atoms with van der Waals surface area (Å²) in [6, 6.07) is 13.2.